The zero-order chi connectivity index (χ0) is 14.8. The molecular formula is C18H22N2O. The third kappa shape index (κ3) is 2.78. The Balaban J connectivity index is 2.02. The molecule has 3 heteroatoms. The second kappa shape index (κ2) is 5.84. The number of aldehydes is 1. The van der Waals surface area contributed by atoms with Gasteiger partial charge in [-0.25, -0.2) is 4.68 Å². The predicted octanol–water partition coefficient (Wildman–Crippen LogP) is 4.35. The Kier molecular flexibility index (Phi) is 3.91. The standard InChI is InChI=1S/C18H22N2O/c1-13-8-9-14(2)17(10-13)20-11-16(12-21)18(19-20)15-6-4-3-5-7-15/h8-12,15H,3-7H2,1-2H3. The van der Waals surface area contributed by atoms with Crippen molar-refractivity contribution < 1.29 is 4.79 Å². The predicted molar refractivity (Wildman–Crippen MR) is 84.3 cm³/mol. The molecule has 3 rings (SSSR count). The van der Waals surface area contributed by atoms with Gasteiger partial charge in [-0.1, -0.05) is 31.4 Å². The molecule has 1 aliphatic rings. The fraction of sp³-hybridized carbons (Fsp3) is 0.444. The first-order chi connectivity index (χ1) is 10.2. The van der Waals surface area contributed by atoms with Gasteiger partial charge < -0.3 is 0 Å². The quantitative estimate of drug-likeness (QED) is 0.784. The smallest absolute Gasteiger partial charge is 0.153 e. The Bertz CT molecular complexity index is 651. The SMILES string of the molecule is Cc1ccc(C)c(-n2cc(C=O)c(C3CCCCC3)n2)c1. The number of hydrogen-bond acceptors (Lipinski definition) is 2. The van der Waals surface area contributed by atoms with E-state index in [1.807, 2.05) is 10.9 Å². The van der Waals surface area contributed by atoms with Gasteiger partial charge in [-0.05, 0) is 43.9 Å². The van der Waals surface area contributed by atoms with Crippen LogP contribution in [0.25, 0.3) is 5.69 Å². The summed E-state index contributed by atoms with van der Waals surface area (Å²) in [5.41, 5.74) is 5.20. The van der Waals surface area contributed by atoms with Crippen LogP contribution in [0.2, 0.25) is 0 Å². The highest BCUT2D eigenvalue weighted by Crippen LogP contribution is 2.33. The highest BCUT2D eigenvalue weighted by Gasteiger charge is 2.22. The molecule has 21 heavy (non-hydrogen) atoms. The zero-order valence-corrected chi connectivity index (χ0v) is 12.8. The number of aromatic nitrogens is 2. The molecule has 0 radical (unpaired) electrons. The van der Waals surface area contributed by atoms with Crippen LogP contribution in [0.1, 0.15) is 65.2 Å². The third-order valence-electron chi connectivity index (χ3n) is 4.50. The summed E-state index contributed by atoms with van der Waals surface area (Å²) in [5, 5.41) is 4.76. The van der Waals surface area contributed by atoms with Crippen LogP contribution < -0.4 is 0 Å². The molecule has 110 valence electrons. The maximum absolute atomic E-state index is 11.4. The van der Waals surface area contributed by atoms with Gasteiger partial charge in [0.2, 0.25) is 0 Å². The molecule has 1 heterocycles. The Morgan fingerprint density at radius 3 is 2.67 bits per heavy atom. The van der Waals surface area contributed by atoms with Crippen LogP contribution in [0.4, 0.5) is 0 Å². The fourth-order valence-corrected chi connectivity index (χ4v) is 3.27. The minimum absolute atomic E-state index is 0.449. The second-order valence-corrected chi connectivity index (χ2v) is 6.16. The van der Waals surface area contributed by atoms with Crippen molar-refractivity contribution in [1.29, 1.82) is 0 Å². The Morgan fingerprint density at radius 1 is 1.19 bits per heavy atom. The average molecular weight is 282 g/mol. The van der Waals surface area contributed by atoms with Gasteiger partial charge in [-0.2, -0.15) is 5.10 Å². The molecule has 0 N–H and O–H groups in total. The summed E-state index contributed by atoms with van der Waals surface area (Å²) < 4.78 is 1.88. The summed E-state index contributed by atoms with van der Waals surface area (Å²) in [5.74, 6) is 0.449. The average Bonchev–Trinajstić information content (AvgIpc) is 2.94. The van der Waals surface area contributed by atoms with Crippen LogP contribution in [-0.2, 0) is 0 Å². The van der Waals surface area contributed by atoms with E-state index in [-0.39, 0.29) is 0 Å². The minimum Gasteiger partial charge on any atom is -0.298 e. The molecule has 3 nitrogen and oxygen atoms in total. The summed E-state index contributed by atoms with van der Waals surface area (Å²) in [6, 6.07) is 6.33. The largest absolute Gasteiger partial charge is 0.298 e. The minimum atomic E-state index is 0.449. The normalized spacial score (nSPS) is 16.1. The Labute approximate surface area is 126 Å². The van der Waals surface area contributed by atoms with Crippen molar-refractivity contribution in [2.75, 3.05) is 0 Å². The van der Waals surface area contributed by atoms with Crippen molar-refractivity contribution in [2.24, 2.45) is 0 Å². The molecule has 0 saturated heterocycles. The lowest BCUT2D eigenvalue weighted by Gasteiger charge is -2.20. The number of rotatable bonds is 3. The van der Waals surface area contributed by atoms with Crippen LogP contribution in [0.15, 0.2) is 24.4 Å². The molecule has 0 spiro atoms. The molecule has 1 saturated carbocycles. The van der Waals surface area contributed by atoms with E-state index >= 15 is 0 Å². The van der Waals surface area contributed by atoms with E-state index in [0.717, 1.165) is 36.1 Å². The number of benzene rings is 1. The van der Waals surface area contributed by atoms with Crippen molar-refractivity contribution in [3.05, 3.63) is 46.8 Å². The number of carbonyl (C=O) groups excluding carboxylic acids is 1. The van der Waals surface area contributed by atoms with Gasteiger partial charge in [0.25, 0.3) is 0 Å². The molecule has 1 aliphatic carbocycles. The van der Waals surface area contributed by atoms with Gasteiger partial charge in [0.05, 0.1) is 16.9 Å². The van der Waals surface area contributed by atoms with Crippen molar-refractivity contribution in [1.82, 2.24) is 9.78 Å². The Morgan fingerprint density at radius 2 is 1.95 bits per heavy atom. The molecule has 1 aromatic carbocycles. The lowest BCUT2D eigenvalue weighted by Crippen LogP contribution is -2.08. The molecular weight excluding hydrogens is 260 g/mol. The molecule has 1 aromatic heterocycles. The van der Waals surface area contributed by atoms with Crippen LogP contribution in [-0.4, -0.2) is 16.1 Å². The van der Waals surface area contributed by atoms with Gasteiger partial charge in [-0.15, -0.1) is 0 Å². The fourth-order valence-electron chi connectivity index (χ4n) is 3.27. The van der Waals surface area contributed by atoms with Crippen molar-refractivity contribution in [3.8, 4) is 5.69 Å². The molecule has 0 bridgehead atoms. The van der Waals surface area contributed by atoms with E-state index < -0.39 is 0 Å². The first-order valence-electron chi connectivity index (χ1n) is 7.81. The number of carbonyl (C=O) groups is 1. The summed E-state index contributed by atoms with van der Waals surface area (Å²) in [7, 11) is 0. The van der Waals surface area contributed by atoms with Crippen LogP contribution in [0, 0.1) is 13.8 Å². The van der Waals surface area contributed by atoms with E-state index in [1.165, 1.54) is 30.4 Å². The first-order valence-corrected chi connectivity index (χ1v) is 7.81. The van der Waals surface area contributed by atoms with Gasteiger partial charge in [-0.3, -0.25) is 4.79 Å². The van der Waals surface area contributed by atoms with Crippen LogP contribution >= 0.6 is 0 Å². The van der Waals surface area contributed by atoms with Gasteiger partial charge in [0.15, 0.2) is 6.29 Å². The maximum Gasteiger partial charge on any atom is 0.153 e. The van der Waals surface area contributed by atoms with Crippen LogP contribution in [0.3, 0.4) is 0 Å². The first kappa shape index (κ1) is 14.1. The van der Waals surface area contributed by atoms with E-state index in [0.29, 0.717) is 5.92 Å². The summed E-state index contributed by atoms with van der Waals surface area (Å²) >= 11 is 0. The van der Waals surface area contributed by atoms with Crippen molar-refractivity contribution >= 4 is 6.29 Å². The Hall–Kier alpha value is -1.90. The summed E-state index contributed by atoms with van der Waals surface area (Å²) in [4.78, 5) is 11.4. The second-order valence-electron chi connectivity index (χ2n) is 6.16. The number of nitrogens with zero attached hydrogens (tertiary/aromatic N) is 2. The molecule has 0 amide bonds. The lowest BCUT2D eigenvalue weighted by atomic mass is 9.86. The van der Waals surface area contributed by atoms with Crippen molar-refractivity contribution in [2.45, 2.75) is 51.9 Å². The molecule has 0 unspecified atom stereocenters. The topological polar surface area (TPSA) is 34.9 Å². The van der Waals surface area contributed by atoms with E-state index in [9.17, 15) is 4.79 Å². The monoisotopic (exact) mass is 282 g/mol. The van der Waals surface area contributed by atoms with Gasteiger partial charge in [0, 0.05) is 12.1 Å². The van der Waals surface area contributed by atoms with E-state index in [4.69, 9.17) is 5.10 Å². The maximum atomic E-state index is 11.4. The molecule has 1 fully saturated rings. The molecule has 0 atom stereocenters. The summed E-state index contributed by atoms with van der Waals surface area (Å²) in [6.07, 6.45) is 8.97. The van der Waals surface area contributed by atoms with E-state index in [1.54, 1.807) is 0 Å². The zero-order valence-electron chi connectivity index (χ0n) is 12.8. The molecule has 0 aliphatic heterocycles. The number of aryl methyl sites for hydroxylation is 2. The lowest BCUT2D eigenvalue weighted by molar-refractivity contribution is 0.112. The number of hydrogen-bond donors (Lipinski definition) is 0. The highest BCUT2D eigenvalue weighted by atomic mass is 16.1. The van der Waals surface area contributed by atoms with E-state index in [2.05, 4.69) is 32.0 Å². The van der Waals surface area contributed by atoms with Gasteiger partial charge in [0.1, 0.15) is 0 Å². The van der Waals surface area contributed by atoms with Crippen molar-refractivity contribution in [3.63, 3.8) is 0 Å². The summed E-state index contributed by atoms with van der Waals surface area (Å²) in [6.45, 7) is 4.16. The highest BCUT2D eigenvalue weighted by molar-refractivity contribution is 5.76. The van der Waals surface area contributed by atoms with Gasteiger partial charge >= 0.3 is 0 Å². The third-order valence-corrected chi connectivity index (χ3v) is 4.50. The molecule has 2 aromatic rings. The van der Waals surface area contributed by atoms with Crippen LogP contribution in [0.5, 0.6) is 0 Å².